The molecule has 6 heteroatoms. The van der Waals surface area contributed by atoms with Crippen LogP contribution in [0, 0.1) is 0 Å². The molecule has 26 heavy (non-hydrogen) atoms. The first-order valence-corrected chi connectivity index (χ1v) is 9.00. The number of rotatable bonds is 8. The summed E-state index contributed by atoms with van der Waals surface area (Å²) in [5.74, 6) is 0.847. The van der Waals surface area contributed by atoms with Gasteiger partial charge in [0.25, 0.3) is 0 Å². The van der Waals surface area contributed by atoms with Crippen LogP contribution in [0.15, 0.2) is 72.5 Å². The molecular formula is C20H26N6. The van der Waals surface area contributed by atoms with Gasteiger partial charge in [-0.05, 0) is 30.2 Å². The first-order valence-electron chi connectivity index (χ1n) is 9.00. The summed E-state index contributed by atoms with van der Waals surface area (Å²) in [6.45, 7) is 6.15. The van der Waals surface area contributed by atoms with Crippen molar-refractivity contribution >= 4 is 5.96 Å². The van der Waals surface area contributed by atoms with Crippen molar-refractivity contribution in [3.63, 3.8) is 0 Å². The van der Waals surface area contributed by atoms with Gasteiger partial charge in [0, 0.05) is 51.0 Å². The SMILES string of the molecule is CCNC(=NCc1cccc(Cn2ccnc2)c1)NCCn1cccc1. The molecule has 0 bridgehead atoms. The van der Waals surface area contributed by atoms with E-state index in [1.165, 1.54) is 11.1 Å². The molecule has 0 spiro atoms. The number of benzene rings is 1. The summed E-state index contributed by atoms with van der Waals surface area (Å²) in [6.07, 6.45) is 9.75. The van der Waals surface area contributed by atoms with Crippen molar-refractivity contribution < 1.29 is 0 Å². The highest BCUT2D eigenvalue weighted by atomic mass is 15.2. The van der Waals surface area contributed by atoms with E-state index >= 15 is 0 Å². The minimum absolute atomic E-state index is 0.649. The van der Waals surface area contributed by atoms with Gasteiger partial charge < -0.3 is 19.8 Å². The van der Waals surface area contributed by atoms with Crippen molar-refractivity contribution in [3.05, 3.63) is 78.6 Å². The lowest BCUT2D eigenvalue weighted by Gasteiger charge is -2.12. The monoisotopic (exact) mass is 350 g/mol. The maximum absolute atomic E-state index is 4.71. The molecule has 0 amide bonds. The fraction of sp³-hybridized carbons (Fsp3) is 0.300. The van der Waals surface area contributed by atoms with E-state index in [9.17, 15) is 0 Å². The summed E-state index contributed by atoms with van der Waals surface area (Å²) >= 11 is 0. The van der Waals surface area contributed by atoms with Gasteiger partial charge >= 0.3 is 0 Å². The number of imidazole rings is 1. The lowest BCUT2D eigenvalue weighted by atomic mass is 10.1. The summed E-state index contributed by atoms with van der Waals surface area (Å²) in [5, 5.41) is 6.69. The Morgan fingerprint density at radius 3 is 2.65 bits per heavy atom. The molecule has 0 radical (unpaired) electrons. The van der Waals surface area contributed by atoms with Crippen LogP contribution in [0.2, 0.25) is 0 Å². The number of hydrogen-bond donors (Lipinski definition) is 2. The van der Waals surface area contributed by atoms with E-state index in [1.807, 2.05) is 24.7 Å². The highest BCUT2D eigenvalue weighted by molar-refractivity contribution is 5.79. The summed E-state index contributed by atoms with van der Waals surface area (Å²) in [4.78, 5) is 8.80. The van der Waals surface area contributed by atoms with E-state index in [0.717, 1.165) is 32.1 Å². The summed E-state index contributed by atoms with van der Waals surface area (Å²) in [6, 6.07) is 12.6. The van der Waals surface area contributed by atoms with E-state index in [-0.39, 0.29) is 0 Å². The van der Waals surface area contributed by atoms with Gasteiger partial charge in [-0.2, -0.15) is 0 Å². The summed E-state index contributed by atoms with van der Waals surface area (Å²) < 4.78 is 4.21. The Morgan fingerprint density at radius 2 is 1.88 bits per heavy atom. The Hall–Kier alpha value is -3.02. The van der Waals surface area contributed by atoms with Crippen LogP contribution in [-0.4, -0.2) is 33.2 Å². The van der Waals surface area contributed by atoms with Crippen LogP contribution in [0.3, 0.4) is 0 Å². The minimum Gasteiger partial charge on any atom is -0.357 e. The molecule has 2 aromatic heterocycles. The van der Waals surface area contributed by atoms with Crippen LogP contribution in [0.1, 0.15) is 18.1 Å². The van der Waals surface area contributed by atoms with Gasteiger partial charge in [0.05, 0.1) is 12.9 Å². The van der Waals surface area contributed by atoms with E-state index in [0.29, 0.717) is 6.54 Å². The standard InChI is InChI=1S/C20H26N6/c1-2-22-20(23-9-13-25-10-3-4-11-25)24-15-18-6-5-7-19(14-18)16-26-12-8-21-17-26/h3-8,10-12,14,17H,2,9,13,15-16H2,1H3,(H2,22,23,24). The van der Waals surface area contributed by atoms with Gasteiger partial charge in [-0.15, -0.1) is 0 Å². The van der Waals surface area contributed by atoms with E-state index < -0.39 is 0 Å². The van der Waals surface area contributed by atoms with Crippen molar-refractivity contribution in [3.8, 4) is 0 Å². The maximum atomic E-state index is 4.71. The number of nitrogens with one attached hydrogen (secondary N) is 2. The van der Waals surface area contributed by atoms with Crippen LogP contribution in [0.4, 0.5) is 0 Å². The van der Waals surface area contributed by atoms with Gasteiger partial charge in [0.1, 0.15) is 0 Å². The van der Waals surface area contributed by atoms with Gasteiger partial charge in [-0.25, -0.2) is 9.98 Å². The van der Waals surface area contributed by atoms with Crippen LogP contribution in [0.25, 0.3) is 0 Å². The predicted octanol–water partition coefficient (Wildman–Crippen LogP) is 2.49. The zero-order valence-corrected chi connectivity index (χ0v) is 15.2. The molecule has 1 aromatic carbocycles. The van der Waals surface area contributed by atoms with Gasteiger partial charge in [0.15, 0.2) is 5.96 Å². The molecule has 0 aliphatic carbocycles. The Labute approximate surface area is 154 Å². The second-order valence-corrected chi connectivity index (χ2v) is 6.10. The Kier molecular flexibility index (Phi) is 6.47. The number of aliphatic imine (C=N–C) groups is 1. The molecule has 0 saturated heterocycles. The average molecular weight is 350 g/mol. The fourth-order valence-electron chi connectivity index (χ4n) is 2.75. The molecule has 6 nitrogen and oxygen atoms in total. The topological polar surface area (TPSA) is 59.2 Å². The molecule has 0 aliphatic rings. The molecule has 2 heterocycles. The lowest BCUT2D eigenvalue weighted by molar-refractivity contribution is 0.665. The number of hydrogen-bond acceptors (Lipinski definition) is 2. The fourth-order valence-corrected chi connectivity index (χ4v) is 2.75. The van der Waals surface area contributed by atoms with Crippen molar-refractivity contribution in [2.75, 3.05) is 13.1 Å². The van der Waals surface area contributed by atoms with E-state index in [2.05, 4.69) is 68.3 Å². The molecule has 0 unspecified atom stereocenters. The third kappa shape index (κ3) is 5.51. The highest BCUT2D eigenvalue weighted by Gasteiger charge is 2.00. The molecule has 2 N–H and O–H groups in total. The molecule has 0 aliphatic heterocycles. The smallest absolute Gasteiger partial charge is 0.191 e. The quantitative estimate of drug-likeness (QED) is 0.485. The molecular weight excluding hydrogens is 324 g/mol. The van der Waals surface area contributed by atoms with Crippen LogP contribution in [-0.2, 0) is 19.6 Å². The zero-order chi connectivity index (χ0) is 18.0. The molecule has 0 fully saturated rings. The summed E-state index contributed by atoms with van der Waals surface area (Å²) in [5.41, 5.74) is 2.45. The molecule has 3 aromatic rings. The Bertz CT molecular complexity index is 790. The molecule has 3 rings (SSSR count). The van der Waals surface area contributed by atoms with Gasteiger partial charge in [0.2, 0.25) is 0 Å². The molecule has 0 saturated carbocycles. The van der Waals surface area contributed by atoms with E-state index in [4.69, 9.17) is 4.99 Å². The van der Waals surface area contributed by atoms with Crippen molar-refractivity contribution in [1.29, 1.82) is 0 Å². The second kappa shape index (κ2) is 9.46. The lowest BCUT2D eigenvalue weighted by Crippen LogP contribution is -2.38. The van der Waals surface area contributed by atoms with Crippen molar-refractivity contribution in [2.45, 2.75) is 26.6 Å². The van der Waals surface area contributed by atoms with Crippen molar-refractivity contribution in [1.82, 2.24) is 24.8 Å². The van der Waals surface area contributed by atoms with Crippen LogP contribution < -0.4 is 10.6 Å². The average Bonchev–Trinajstić information content (AvgIpc) is 3.34. The van der Waals surface area contributed by atoms with Gasteiger partial charge in [-0.3, -0.25) is 0 Å². The first kappa shape index (κ1) is 17.8. The van der Waals surface area contributed by atoms with Crippen LogP contribution in [0.5, 0.6) is 0 Å². The number of guanidine groups is 1. The highest BCUT2D eigenvalue weighted by Crippen LogP contribution is 2.08. The zero-order valence-electron chi connectivity index (χ0n) is 15.2. The second-order valence-electron chi connectivity index (χ2n) is 6.10. The normalized spacial score (nSPS) is 11.5. The Balaban J connectivity index is 1.56. The largest absolute Gasteiger partial charge is 0.357 e. The first-order chi connectivity index (χ1) is 12.8. The van der Waals surface area contributed by atoms with E-state index in [1.54, 1.807) is 6.20 Å². The maximum Gasteiger partial charge on any atom is 0.191 e. The molecule has 0 atom stereocenters. The minimum atomic E-state index is 0.649. The summed E-state index contributed by atoms with van der Waals surface area (Å²) in [7, 11) is 0. The molecule has 136 valence electrons. The number of aromatic nitrogens is 3. The van der Waals surface area contributed by atoms with Crippen LogP contribution >= 0.6 is 0 Å². The van der Waals surface area contributed by atoms with Crippen molar-refractivity contribution in [2.24, 2.45) is 4.99 Å². The Morgan fingerprint density at radius 1 is 1.04 bits per heavy atom. The number of nitrogens with zero attached hydrogens (tertiary/aromatic N) is 4. The third-order valence-electron chi connectivity index (χ3n) is 4.01. The predicted molar refractivity (Wildman–Crippen MR) is 105 cm³/mol. The third-order valence-corrected chi connectivity index (χ3v) is 4.01. The van der Waals surface area contributed by atoms with Gasteiger partial charge in [-0.1, -0.05) is 24.3 Å².